The fraction of sp³-hybridized carbons (Fsp3) is 0.556. The van der Waals surface area contributed by atoms with E-state index in [9.17, 15) is 10.1 Å². The Morgan fingerprint density at radius 3 is 2.77 bits per heavy atom. The third-order valence-corrected chi connectivity index (χ3v) is 4.84. The molecule has 1 aromatic rings. The minimum atomic E-state index is -0.634. The van der Waals surface area contributed by atoms with Crippen molar-refractivity contribution < 1.29 is 4.79 Å². The molecule has 4 nitrogen and oxygen atoms in total. The lowest BCUT2D eigenvalue weighted by molar-refractivity contribution is -0.121. The molecule has 1 aliphatic heterocycles. The molecule has 1 N–H and O–H groups in total. The van der Waals surface area contributed by atoms with Crippen LogP contribution in [0.3, 0.4) is 0 Å². The van der Waals surface area contributed by atoms with Crippen LogP contribution in [0.2, 0.25) is 0 Å². The molecule has 0 radical (unpaired) electrons. The summed E-state index contributed by atoms with van der Waals surface area (Å²) in [5.41, 5.74) is 1.85. The van der Waals surface area contributed by atoms with Crippen molar-refractivity contribution in [2.24, 2.45) is 0 Å². The Morgan fingerprint density at radius 1 is 1.23 bits per heavy atom. The average molecular weight is 297 g/mol. The number of aryl methyl sites for hydroxylation is 1. The van der Waals surface area contributed by atoms with Crippen LogP contribution in [0.15, 0.2) is 24.3 Å². The Hall–Kier alpha value is -2.02. The summed E-state index contributed by atoms with van der Waals surface area (Å²) in [6, 6.07) is 10.6. The van der Waals surface area contributed by atoms with Crippen molar-refractivity contribution in [2.45, 2.75) is 50.5 Å². The van der Waals surface area contributed by atoms with E-state index in [2.05, 4.69) is 34.5 Å². The molecule has 4 heteroatoms. The molecule has 1 saturated carbocycles. The highest BCUT2D eigenvalue weighted by atomic mass is 16.2. The summed E-state index contributed by atoms with van der Waals surface area (Å²) in [6.07, 6.45) is 6.95. The highest BCUT2D eigenvalue weighted by molar-refractivity contribution is 5.83. The van der Waals surface area contributed by atoms with Crippen LogP contribution in [0.1, 0.15) is 44.1 Å². The van der Waals surface area contributed by atoms with E-state index in [0.29, 0.717) is 6.54 Å². The summed E-state index contributed by atoms with van der Waals surface area (Å²) in [5, 5.41) is 12.5. The number of anilines is 1. The van der Waals surface area contributed by atoms with Gasteiger partial charge in [-0.05, 0) is 37.3 Å². The lowest BCUT2D eigenvalue weighted by Crippen LogP contribution is -2.52. The van der Waals surface area contributed by atoms with Crippen molar-refractivity contribution in [3.05, 3.63) is 29.8 Å². The first-order valence-corrected chi connectivity index (χ1v) is 8.28. The Labute approximate surface area is 132 Å². The first kappa shape index (κ1) is 14.9. The Balaban J connectivity index is 1.66. The molecule has 1 fully saturated rings. The van der Waals surface area contributed by atoms with E-state index >= 15 is 0 Å². The molecule has 0 saturated heterocycles. The molecule has 1 amide bonds. The quantitative estimate of drug-likeness (QED) is 0.933. The zero-order chi connectivity index (χ0) is 15.4. The molecule has 0 spiro atoms. The van der Waals surface area contributed by atoms with Crippen LogP contribution in [0.25, 0.3) is 0 Å². The summed E-state index contributed by atoms with van der Waals surface area (Å²) in [4.78, 5) is 14.6. The van der Waals surface area contributed by atoms with Crippen molar-refractivity contribution in [2.75, 3.05) is 18.0 Å². The highest BCUT2D eigenvalue weighted by Gasteiger charge is 2.34. The summed E-state index contributed by atoms with van der Waals surface area (Å²) in [6.45, 7) is 1.25. The highest BCUT2D eigenvalue weighted by Crippen LogP contribution is 2.29. The minimum Gasteiger partial charge on any atom is -0.362 e. The van der Waals surface area contributed by atoms with E-state index in [4.69, 9.17) is 0 Å². The monoisotopic (exact) mass is 297 g/mol. The summed E-state index contributed by atoms with van der Waals surface area (Å²) in [7, 11) is 0. The standard InChI is InChI=1S/C18H23N3O/c19-14-18(10-4-1-5-11-18)20-17(22)13-21-12-6-8-15-7-2-3-9-16(15)21/h2-3,7,9H,1,4-6,8,10-13H2,(H,20,22). The molecule has 0 unspecified atom stereocenters. The van der Waals surface area contributed by atoms with Crippen LogP contribution >= 0.6 is 0 Å². The molecular weight excluding hydrogens is 274 g/mol. The smallest absolute Gasteiger partial charge is 0.240 e. The maximum Gasteiger partial charge on any atom is 0.240 e. The topological polar surface area (TPSA) is 56.1 Å². The Bertz CT molecular complexity index is 584. The Morgan fingerprint density at radius 2 is 2.00 bits per heavy atom. The molecule has 116 valence electrons. The van der Waals surface area contributed by atoms with Crippen molar-refractivity contribution >= 4 is 11.6 Å². The van der Waals surface area contributed by atoms with Crippen molar-refractivity contribution in [3.8, 4) is 6.07 Å². The summed E-state index contributed by atoms with van der Waals surface area (Å²) in [5.74, 6) is -0.0276. The van der Waals surface area contributed by atoms with Gasteiger partial charge in [-0.15, -0.1) is 0 Å². The summed E-state index contributed by atoms with van der Waals surface area (Å²) >= 11 is 0. The van der Waals surface area contributed by atoms with Gasteiger partial charge in [-0.2, -0.15) is 5.26 Å². The number of nitrogens with zero attached hydrogens (tertiary/aromatic N) is 2. The van der Waals surface area contributed by atoms with Gasteiger partial charge in [-0.25, -0.2) is 0 Å². The van der Waals surface area contributed by atoms with Gasteiger partial charge in [0.25, 0.3) is 0 Å². The fourth-order valence-electron chi connectivity index (χ4n) is 3.68. The predicted octanol–water partition coefficient (Wildman–Crippen LogP) is 2.78. The minimum absolute atomic E-state index is 0.0276. The Kier molecular flexibility index (Phi) is 4.33. The molecule has 0 bridgehead atoms. The second-order valence-electron chi connectivity index (χ2n) is 6.46. The molecule has 2 aliphatic rings. The maximum atomic E-state index is 12.4. The van der Waals surface area contributed by atoms with E-state index in [1.807, 2.05) is 6.07 Å². The largest absolute Gasteiger partial charge is 0.362 e. The number of nitrogens with one attached hydrogen (secondary N) is 1. The molecule has 1 aromatic carbocycles. The van der Waals surface area contributed by atoms with Crippen molar-refractivity contribution in [3.63, 3.8) is 0 Å². The third-order valence-electron chi connectivity index (χ3n) is 4.84. The molecule has 0 aromatic heterocycles. The number of carbonyl (C=O) groups excluding carboxylic acids is 1. The van der Waals surface area contributed by atoms with Crippen LogP contribution in [0, 0.1) is 11.3 Å². The van der Waals surface area contributed by atoms with Crippen LogP contribution < -0.4 is 10.2 Å². The first-order chi connectivity index (χ1) is 10.7. The maximum absolute atomic E-state index is 12.4. The van der Waals surface area contributed by atoms with Crippen molar-refractivity contribution in [1.29, 1.82) is 5.26 Å². The van der Waals surface area contributed by atoms with Gasteiger partial charge >= 0.3 is 0 Å². The van der Waals surface area contributed by atoms with Gasteiger partial charge < -0.3 is 10.2 Å². The van der Waals surface area contributed by atoms with E-state index in [0.717, 1.165) is 45.1 Å². The average Bonchev–Trinajstić information content (AvgIpc) is 2.56. The molecule has 0 atom stereocenters. The fourth-order valence-corrected chi connectivity index (χ4v) is 3.68. The zero-order valence-corrected chi connectivity index (χ0v) is 13.0. The van der Waals surface area contributed by atoms with E-state index in [1.54, 1.807) is 0 Å². The van der Waals surface area contributed by atoms with Gasteiger partial charge in [0.05, 0.1) is 12.6 Å². The number of hydrogen-bond acceptors (Lipinski definition) is 3. The number of fused-ring (bicyclic) bond motifs is 1. The van der Waals surface area contributed by atoms with E-state index < -0.39 is 5.54 Å². The van der Waals surface area contributed by atoms with Gasteiger partial charge in [0.2, 0.25) is 5.91 Å². The lowest BCUT2D eigenvalue weighted by Gasteiger charge is -2.34. The van der Waals surface area contributed by atoms with Crippen LogP contribution in [0.4, 0.5) is 5.69 Å². The number of hydrogen-bond donors (Lipinski definition) is 1. The van der Waals surface area contributed by atoms with Crippen LogP contribution in [-0.2, 0) is 11.2 Å². The lowest BCUT2D eigenvalue weighted by atomic mass is 9.83. The van der Waals surface area contributed by atoms with Gasteiger partial charge in [-0.1, -0.05) is 37.5 Å². The molecular formula is C18H23N3O. The molecule has 1 heterocycles. The van der Waals surface area contributed by atoms with Crippen LogP contribution in [-0.4, -0.2) is 24.5 Å². The SMILES string of the molecule is N#CC1(NC(=O)CN2CCCc3ccccc32)CCCCC1. The van der Waals surface area contributed by atoms with Gasteiger partial charge in [0.1, 0.15) is 5.54 Å². The number of rotatable bonds is 3. The number of nitriles is 1. The van der Waals surface area contributed by atoms with E-state index in [-0.39, 0.29) is 5.91 Å². The predicted molar refractivity (Wildman–Crippen MR) is 86.5 cm³/mol. The molecule has 3 rings (SSSR count). The first-order valence-electron chi connectivity index (χ1n) is 8.28. The third kappa shape index (κ3) is 3.09. The van der Waals surface area contributed by atoms with Gasteiger partial charge in [0.15, 0.2) is 0 Å². The number of para-hydroxylation sites is 1. The second-order valence-corrected chi connectivity index (χ2v) is 6.46. The number of benzene rings is 1. The van der Waals surface area contributed by atoms with E-state index in [1.165, 1.54) is 17.7 Å². The normalized spacial score (nSPS) is 19.9. The molecule has 1 aliphatic carbocycles. The number of amides is 1. The van der Waals surface area contributed by atoms with Gasteiger partial charge in [0, 0.05) is 12.2 Å². The van der Waals surface area contributed by atoms with Crippen LogP contribution in [0.5, 0.6) is 0 Å². The summed E-state index contributed by atoms with van der Waals surface area (Å²) < 4.78 is 0. The number of carbonyl (C=O) groups is 1. The molecule has 22 heavy (non-hydrogen) atoms. The second kappa shape index (κ2) is 6.39. The van der Waals surface area contributed by atoms with Crippen molar-refractivity contribution in [1.82, 2.24) is 5.32 Å². The zero-order valence-electron chi connectivity index (χ0n) is 13.0. The van der Waals surface area contributed by atoms with Gasteiger partial charge in [-0.3, -0.25) is 4.79 Å².